The van der Waals surface area contributed by atoms with Gasteiger partial charge in [-0.25, -0.2) is 0 Å². The fourth-order valence-corrected chi connectivity index (χ4v) is 1.43. The standard InChI is InChI=1S/C10H7N2O3.Li/c1-11-5-4-10(13)8-6-7(12(14)15)2-3-9(8)11;/h2-3,5-6H,1H3;/q-1;+1. The summed E-state index contributed by atoms with van der Waals surface area (Å²) in [5.41, 5.74) is 0.246. The van der Waals surface area contributed by atoms with Crippen LogP contribution in [0.1, 0.15) is 0 Å². The summed E-state index contributed by atoms with van der Waals surface area (Å²) in [4.78, 5) is 21.4. The number of rotatable bonds is 1. The molecule has 6 heteroatoms. The SMILES string of the molecule is Cn1c[c-]c(=O)c2cc([N+](=O)[O-])ccc21.[Li+]. The molecule has 1 aromatic carbocycles. The molecule has 0 spiro atoms. The smallest absolute Gasteiger partial charge is 0.385 e. The van der Waals surface area contributed by atoms with Crippen LogP contribution in [0.25, 0.3) is 10.9 Å². The van der Waals surface area contributed by atoms with Gasteiger partial charge in [-0.1, -0.05) is 17.6 Å². The van der Waals surface area contributed by atoms with E-state index in [1.807, 2.05) is 0 Å². The molecular weight excluding hydrogens is 203 g/mol. The molecule has 5 nitrogen and oxygen atoms in total. The van der Waals surface area contributed by atoms with Gasteiger partial charge in [-0.05, 0) is 11.6 Å². The third-order valence-corrected chi connectivity index (χ3v) is 2.20. The molecule has 0 radical (unpaired) electrons. The first-order valence-electron chi connectivity index (χ1n) is 4.25. The Bertz CT molecular complexity index is 607. The normalized spacial score (nSPS) is 9.81. The number of aromatic nitrogens is 1. The number of hydrogen-bond acceptors (Lipinski definition) is 3. The number of nitro benzene ring substituents is 1. The molecule has 0 saturated carbocycles. The zero-order valence-corrected chi connectivity index (χ0v) is 8.93. The monoisotopic (exact) mass is 210 g/mol. The van der Waals surface area contributed by atoms with Gasteiger partial charge in [0, 0.05) is 18.5 Å². The van der Waals surface area contributed by atoms with Gasteiger partial charge in [0.1, 0.15) is 0 Å². The van der Waals surface area contributed by atoms with E-state index in [9.17, 15) is 14.9 Å². The molecule has 16 heavy (non-hydrogen) atoms. The van der Waals surface area contributed by atoms with E-state index in [0.717, 1.165) is 0 Å². The topological polar surface area (TPSA) is 65.1 Å². The summed E-state index contributed by atoms with van der Waals surface area (Å²) in [6.07, 6.45) is 1.51. The molecule has 0 aliphatic carbocycles. The number of nitro groups is 1. The van der Waals surface area contributed by atoms with Crippen molar-refractivity contribution in [2.24, 2.45) is 7.05 Å². The third kappa shape index (κ3) is 2.01. The van der Waals surface area contributed by atoms with Crippen LogP contribution in [0.3, 0.4) is 0 Å². The van der Waals surface area contributed by atoms with E-state index in [-0.39, 0.29) is 30.0 Å². The molecule has 0 fully saturated rings. The quantitative estimate of drug-likeness (QED) is 0.243. The molecule has 0 bridgehead atoms. The van der Waals surface area contributed by atoms with Gasteiger partial charge in [-0.15, -0.1) is 0 Å². The molecular formula is C10H7LiN2O3. The van der Waals surface area contributed by atoms with E-state index >= 15 is 0 Å². The van der Waals surface area contributed by atoms with Crippen LogP contribution in [0.5, 0.6) is 0 Å². The van der Waals surface area contributed by atoms with Gasteiger partial charge in [-0.3, -0.25) is 10.1 Å². The Labute approximate surface area is 103 Å². The molecule has 1 aromatic heterocycles. The van der Waals surface area contributed by atoms with Crippen molar-refractivity contribution in [3.8, 4) is 0 Å². The van der Waals surface area contributed by atoms with Crippen LogP contribution in [-0.4, -0.2) is 9.49 Å². The molecule has 0 unspecified atom stereocenters. The van der Waals surface area contributed by atoms with Crippen LogP contribution < -0.4 is 24.3 Å². The minimum atomic E-state index is -0.522. The number of benzene rings is 1. The zero-order valence-electron chi connectivity index (χ0n) is 8.93. The summed E-state index contributed by atoms with van der Waals surface area (Å²) in [6.45, 7) is 0. The van der Waals surface area contributed by atoms with E-state index in [0.29, 0.717) is 10.9 Å². The van der Waals surface area contributed by atoms with Gasteiger partial charge < -0.3 is 9.36 Å². The van der Waals surface area contributed by atoms with E-state index in [1.165, 1.54) is 18.3 Å². The predicted octanol–water partition coefficient (Wildman–Crippen LogP) is -1.75. The summed E-state index contributed by atoms with van der Waals surface area (Å²) >= 11 is 0. The Morgan fingerprint density at radius 2 is 2.12 bits per heavy atom. The summed E-state index contributed by atoms with van der Waals surface area (Å²) in [6, 6.07) is 6.70. The summed E-state index contributed by atoms with van der Waals surface area (Å²) in [5.74, 6) is 0. The fourth-order valence-electron chi connectivity index (χ4n) is 1.43. The van der Waals surface area contributed by atoms with Gasteiger partial charge >= 0.3 is 18.9 Å². The molecule has 1 heterocycles. The number of non-ortho nitro benzene ring substituents is 1. The van der Waals surface area contributed by atoms with Crippen molar-refractivity contribution in [2.45, 2.75) is 0 Å². The average Bonchev–Trinajstić information content (AvgIpc) is 2.23. The zero-order chi connectivity index (χ0) is 11.0. The first kappa shape index (κ1) is 12.5. The van der Waals surface area contributed by atoms with Crippen molar-refractivity contribution >= 4 is 16.6 Å². The van der Waals surface area contributed by atoms with Gasteiger partial charge in [0.2, 0.25) is 0 Å². The Kier molecular flexibility index (Phi) is 3.53. The second-order valence-corrected chi connectivity index (χ2v) is 3.17. The minimum absolute atomic E-state index is 0. The Morgan fingerprint density at radius 3 is 2.75 bits per heavy atom. The van der Waals surface area contributed by atoms with E-state index in [4.69, 9.17) is 0 Å². The molecule has 0 amide bonds. The van der Waals surface area contributed by atoms with Crippen molar-refractivity contribution in [1.82, 2.24) is 4.57 Å². The number of fused-ring (bicyclic) bond motifs is 1. The van der Waals surface area contributed by atoms with E-state index in [1.54, 1.807) is 17.7 Å². The maximum absolute atomic E-state index is 11.4. The molecule has 2 rings (SSSR count). The van der Waals surface area contributed by atoms with E-state index in [2.05, 4.69) is 6.07 Å². The van der Waals surface area contributed by atoms with Crippen molar-refractivity contribution in [1.29, 1.82) is 0 Å². The average molecular weight is 210 g/mol. The van der Waals surface area contributed by atoms with Crippen LogP contribution in [-0.2, 0) is 7.05 Å². The van der Waals surface area contributed by atoms with Crippen LogP contribution in [0, 0.1) is 16.2 Å². The number of hydrogen-bond donors (Lipinski definition) is 0. The van der Waals surface area contributed by atoms with Gasteiger partial charge in [0.25, 0.3) is 5.69 Å². The second kappa shape index (κ2) is 4.52. The maximum Gasteiger partial charge on any atom is 1.00 e. The Balaban J connectivity index is 0.00000128. The van der Waals surface area contributed by atoms with Crippen LogP contribution in [0.4, 0.5) is 5.69 Å². The van der Waals surface area contributed by atoms with Crippen molar-refractivity contribution in [3.63, 3.8) is 0 Å². The van der Waals surface area contributed by atoms with Crippen molar-refractivity contribution in [2.75, 3.05) is 0 Å². The molecule has 0 saturated heterocycles. The first-order valence-corrected chi connectivity index (χ1v) is 4.25. The number of nitrogens with zero attached hydrogens (tertiary/aromatic N) is 2. The van der Waals surface area contributed by atoms with Gasteiger partial charge in [0.05, 0.1) is 4.92 Å². The van der Waals surface area contributed by atoms with Crippen LogP contribution >= 0.6 is 0 Å². The van der Waals surface area contributed by atoms with Gasteiger partial charge in [-0.2, -0.15) is 6.07 Å². The first-order chi connectivity index (χ1) is 7.09. The molecule has 0 aliphatic rings. The number of pyridine rings is 1. The fraction of sp³-hybridized carbons (Fsp3) is 0.100. The van der Waals surface area contributed by atoms with Crippen LogP contribution in [0.2, 0.25) is 0 Å². The number of aryl methyl sites for hydroxylation is 1. The van der Waals surface area contributed by atoms with Gasteiger partial charge in [0.15, 0.2) is 0 Å². The molecule has 0 atom stereocenters. The Hall–Kier alpha value is -1.57. The minimum Gasteiger partial charge on any atom is -0.385 e. The van der Waals surface area contributed by atoms with E-state index < -0.39 is 4.92 Å². The molecule has 2 aromatic rings. The maximum atomic E-state index is 11.4. The third-order valence-electron chi connectivity index (χ3n) is 2.20. The predicted molar refractivity (Wildman–Crippen MR) is 54.7 cm³/mol. The molecule has 76 valence electrons. The molecule has 0 N–H and O–H groups in total. The summed E-state index contributed by atoms with van der Waals surface area (Å²) in [5, 5.41) is 10.8. The largest absolute Gasteiger partial charge is 1.00 e. The Morgan fingerprint density at radius 1 is 1.44 bits per heavy atom. The van der Waals surface area contributed by atoms with Crippen molar-refractivity contribution < 1.29 is 23.8 Å². The van der Waals surface area contributed by atoms with Crippen molar-refractivity contribution in [3.05, 3.63) is 50.8 Å². The molecule has 0 aliphatic heterocycles. The summed E-state index contributed by atoms with van der Waals surface area (Å²) in [7, 11) is 1.75. The van der Waals surface area contributed by atoms with Crippen LogP contribution in [0.15, 0.2) is 29.2 Å². The second-order valence-electron chi connectivity index (χ2n) is 3.17. The summed E-state index contributed by atoms with van der Waals surface area (Å²) < 4.78 is 1.69.